The molecule has 0 heterocycles. The van der Waals surface area contributed by atoms with Gasteiger partial charge in [-0.25, -0.2) is 33.7 Å². The van der Waals surface area contributed by atoms with Crippen LogP contribution in [0.3, 0.4) is 0 Å². The van der Waals surface area contributed by atoms with Crippen LogP contribution in [0.5, 0.6) is 0 Å². The summed E-state index contributed by atoms with van der Waals surface area (Å²) in [6.45, 7) is 0. The van der Waals surface area contributed by atoms with Crippen molar-refractivity contribution in [1.82, 2.24) is 0 Å². The molecule has 0 rings (SSSR count). The van der Waals surface area contributed by atoms with Crippen LogP contribution in [0, 0.1) is 0 Å². The minimum absolute atomic E-state index is 0. The molecule has 0 aliphatic rings. The number of rotatable bonds is 6. The van der Waals surface area contributed by atoms with E-state index in [9.17, 15) is 51.9 Å². The normalized spacial score (nSPS) is 12.2. The van der Waals surface area contributed by atoms with Crippen LogP contribution in [0.1, 0.15) is 0 Å². The summed E-state index contributed by atoms with van der Waals surface area (Å²) in [5.41, 5.74) is 0. The molecular formula is Ca2O16S4. The van der Waals surface area contributed by atoms with Gasteiger partial charge in [0.15, 0.2) is 0 Å². The predicted octanol–water partition coefficient (Wildman–Crippen LogP) is -5.05. The Hall–Kier alpha value is 2.00. The van der Waals surface area contributed by atoms with Crippen molar-refractivity contribution >= 4 is 117 Å². The monoisotopic (exact) mass is 464 g/mol. The van der Waals surface area contributed by atoms with Crippen molar-refractivity contribution in [3.63, 3.8) is 0 Å². The summed E-state index contributed by atoms with van der Waals surface area (Å²) in [5.74, 6) is 0. The molecule has 0 saturated heterocycles. The summed E-state index contributed by atoms with van der Waals surface area (Å²) < 4.78 is 123. The van der Waals surface area contributed by atoms with E-state index in [2.05, 4.69) is 17.3 Å². The minimum atomic E-state index is -5.31. The second-order valence-corrected chi connectivity index (χ2v) is 5.72. The number of hydrogen-bond acceptors (Lipinski definition) is 16. The van der Waals surface area contributed by atoms with E-state index >= 15 is 0 Å². The van der Waals surface area contributed by atoms with Gasteiger partial charge in [0.25, 0.3) is 0 Å². The van der Waals surface area contributed by atoms with Crippen molar-refractivity contribution < 1.29 is 69.2 Å². The molecule has 0 atom stereocenters. The van der Waals surface area contributed by atoms with Gasteiger partial charge >= 0.3 is 75.5 Å². The first-order valence-corrected chi connectivity index (χ1v) is 8.33. The topological polar surface area (TPSA) is 266 Å². The van der Waals surface area contributed by atoms with Crippen molar-refractivity contribution in [3.8, 4) is 0 Å². The Kier molecular flexibility index (Phi) is 17.8. The van der Waals surface area contributed by atoms with Gasteiger partial charge < -0.3 is 18.2 Å². The molecule has 0 amide bonds. The first-order chi connectivity index (χ1) is 8.41. The molecule has 0 aromatic heterocycles. The van der Waals surface area contributed by atoms with E-state index in [0.29, 0.717) is 0 Å². The van der Waals surface area contributed by atoms with E-state index < -0.39 is 41.6 Å². The molecule has 22 heavy (non-hydrogen) atoms. The van der Waals surface area contributed by atoms with Gasteiger partial charge in [-0.3, -0.25) is 0 Å². The van der Waals surface area contributed by atoms with Crippen LogP contribution >= 0.6 is 0 Å². The Morgan fingerprint density at radius 2 is 0.500 bits per heavy atom. The maximum Gasteiger partial charge on any atom is 2.00 e. The van der Waals surface area contributed by atoms with Crippen molar-refractivity contribution in [2.24, 2.45) is 0 Å². The summed E-state index contributed by atoms with van der Waals surface area (Å²) >= 11 is 0. The Morgan fingerprint density at radius 1 is 0.409 bits per heavy atom. The minimum Gasteiger partial charge on any atom is -0.724 e. The summed E-state index contributed by atoms with van der Waals surface area (Å²) in [5, 5.41) is 0. The van der Waals surface area contributed by atoms with E-state index in [4.69, 9.17) is 0 Å². The summed E-state index contributed by atoms with van der Waals surface area (Å²) in [6.07, 6.45) is 0. The van der Waals surface area contributed by atoms with Gasteiger partial charge in [-0.15, -0.1) is 17.3 Å². The molecule has 0 unspecified atom stereocenters. The Bertz CT molecular complexity index is 560. The Balaban J connectivity index is -0.000000135. The van der Waals surface area contributed by atoms with Gasteiger partial charge in [0, 0.05) is 0 Å². The third kappa shape index (κ3) is 37.9. The molecular weight excluding hydrogens is 464 g/mol. The summed E-state index contributed by atoms with van der Waals surface area (Å²) in [7, 11) is -21.2. The molecule has 0 aromatic rings. The average Bonchev–Trinajstić information content (AvgIpc) is 2.09. The molecule has 0 bridgehead atoms. The van der Waals surface area contributed by atoms with Crippen LogP contribution in [-0.2, 0) is 58.9 Å². The van der Waals surface area contributed by atoms with Crippen molar-refractivity contribution in [2.75, 3.05) is 0 Å². The Morgan fingerprint density at radius 3 is 0.545 bits per heavy atom. The fourth-order valence-electron chi connectivity index (χ4n) is 0.136. The molecule has 22 heteroatoms. The van der Waals surface area contributed by atoms with E-state index in [-0.39, 0.29) is 75.5 Å². The van der Waals surface area contributed by atoms with E-state index in [1.54, 1.807) is 0 Å². The SMILES string of the molecule is O=S(=O)([O-])OOS(=O)(=O)[O-].O=S(=O)([O-])OOS(=O)(=O)[O-].[Ca+2].[Ca+2]. The van der Waals surface area contributed by atoms with Crippen LogP contribution in [0.2, 0.25) is 0 Å². The molecule has 0 aliphatic carbocycles. The van der Waals surface area contributed by atoms with Gasteiger partial charge in [0.1, 0.15) is 0 Å². The molecule has 0 N–H and O–H groups in total. The summed E-state index contributed by atoms with van der Waals surface area (Å²) in [6, 6.07) is 0. The quantitative estimate of drug-likeness (QED) is 0.117. The third-order valence-electron chi connectivity index (χ3n) is 0.389. The van der Waals surface area contributed by atoms with Crippen LogP contribution in [-0.4, -0.2) is 127 Å². The van der Waals surface area contributed by atoms with E-state index in [1.165, 1.54) is 0 Å². The van der Waals surface area contributed by atoms with Crippen LogP contribution < -0.4 is 0 Å². The van der Waals surface area contributed by atoms with Crippen LogP contribution in [0.25, 0.3) is 0 Å². The fraction of sp³-hybridized carbons (Fsp3) is 0. The predicted molar refractivity (Wildman–Crippen MR) is 54.6 cm³/mol. The molecule has 0 fully saturated rings. The zero-order chi connectivity index (χ0) is 16.8. The zero-order valence-corrected chi connectivity index (χ0v) is 17.3. The molecule has 0 spiro atoms. The molecule has 0 aliphatic heterocycles. The first kappa shape index (κ1) is 31.7. The number of hydrogen-bond donors (Lipinski definition) is 0. The van der Waals surface area contributed by atoms with Crippen molar-refractivity contribution in [1.29, 1.82) is 0 Å². The van der Waals surface area contributed by atoms with Gasteiger partial charge in [0.05, 0.1) is 0 Å². The molecule has 124 valence electrons. The van der Waals surface area contributed by atoms with Crippen LogP contribution in [0.15, 0.2) is 0 Å². The molecule has 0 saturated carbocycles. The van der Waals surface area contributed by atoms with Crippen LogP contribution in [0.4, 0.5) is 0 Å². The fourth-order valence-corrected chi connectivity index (χ4v) is 1.22. The van der Waals surface area contributed by atoms with E-state index in [0.717, 1.165) is 0 Å². The average molecular weight is 464 g/mol. The van der Waals surface area contributed by atoms with Gasteiger partial charge in [-0.2, -0.15) is 0 Å². The molecule has 16 nitrogen and oxygen atoms in total. The Labute approximate surface area is 183 Å². The molecule has 0 aromatic carbocycles. The third-order valence-corrected chi connectivity index (χ3v) is 1.50. The van der Waals surface area contributed by atoms with Gasteiger partial charge in [-0.05, 0) is 0 Å². The second-order valence-electron chi connectivity index (χ2n) is 1.91. The van der Waals surface area contributed by atoms with E-state index in [1.807, 2.05) is 0 Å². The first-order valence-electron chi connectivity index (χ1n) is 3.00. The van der Waals surface area contributed by atoms with Gasteiger partial charge in [0.2, 0.25) is 41.6 Å². The molecule has 0 radical (unpaired) electrons. The maximum absolute atomic E-state index is 9.37. The zero-order valence-electron chi connectivity index (χ0n) is 9.58. The second kappa shape index (κ2) is 12.4. The standard InChI is InChI=1S/2Ca.2H2O8S2/c;;2*1-9(2,3)7-8-10(4,5)6/h;;2*(H,1,2,3)(H,4,5,6)/q2*+2;;/p-4. The maximum atomic E-state index is 9.37. The smallest absolute Gasteiger partial charge is 0.724 e. The summed E-state index contributed by atoms with van der Waals surface area (Å²) in [4.78, 5) is 0. The van der Waals surface area contributed by atoms with Gasteiger partial charge in [-0.1, -0.05) is 0 Å². The van der Waals surface area contributed by atoms with Crippen molar-refractivity contribution in [2.45, 2.75) is 0 Å². The van der Waals surface area contributed by atoms with Crippen molar-refractivity contribution in [3.05, 3.63) is 0 Å². The largest absolute Gasteiger partial charge is 2.00 e.